The average Bonchev–Trinajstić information content (AvgIpc) is 2.86. The SMILES string of the molecule is CCOC(=O)C1CCN(S(=O)(=O)N2CC[C@@H](O)C2)CC1. The van der Waals surface area contributed by atoms with E-state index in [1.165, 1.54) is 8.61 Å². The fourth-order valence-corrected chi connectivity index (χ4v) is 4.36. The third kappa shape index (κ3) is 3.30. The molecule has 0 aliphatic carbocycles. The number of hydrogen-bond donors (Lipinski definition) is 1. The molecule has 1 atom stereocenters. The maximum Gasteiger partial charge on any atom is 0.309 e. The fraction of sp³-hybridized carbons (Fsp3) is 0.917. The maximum absolute atomic E-state index is 12.4. The van der Waals surface area contributed by atoms with Crippen LogP contribution in [0, 0.1) is 5.92 Å². The van der Waals surface area contributed by atoms with Crippen LogP contribution in [0.2, 0.25) is 0 Å². The zero-order valence-corrected chi connectivity index (χ0v) is 12.5. The number of esters is 1. The lowest BCUT2D eigenvalue weighted by Gasteiger charge is -2.32. The van der Waals surface area contributed by atoms with Gasteiger partial charge in [-0.1, -0.05) is 0 Å². The number of rotatable bonds is 4. The van der Waals surface area contributed by atoms with Crippen LogP contribution in [0.15, 0.2) is 0 Å². The Morgan fingerprint density at radius 2 is 1.80 bits per heavy atom. The predicted molar refractivity (Wildman–Crippen MR) is 72.0 cm³/mol. The van der Waals surface area contributed by atoms with Crippen LogP contribution in [0.5, 0.6) is 0 Å². The molecule has 8 heteroatoms. The van der Waals surface area contributed by atoms with Crippen molar-refractivity contribution in [1.29, 1.82) is 0 Å². The summed E-state index contributed by atoms with van der Waals surface area (Å²) in [5.74, 6) is -0.438. The van der Waals surface area contributed by atoms with Gasteiger partial charge in [0.05, 0.1) is 18.6 Å². The number of carbonyl (C=O) groups excluding carboxylic acids is 1. The summed E-state index contributed by atoms with van der Waals surface area (Å²) < 4.78 is 32.4. The zero-order chi connectivity index (χ0) is 14.8. The minimum absolute atomic E-state index is 0.167. The Kier molecular flexibility index (Phi) is 5.00. The minimum atomic E-state index is -3.50. The zero-order valence-electron chi connectivity index (χ0n) is 11.7. The number of piperidine rings is 1. The lowest BCUT2D eigenvalue weighted by Crippen LogP contribution is -2.47. The van der Waals surface area contributed by atoms with Crippen LogP contribution in [0.3, 0.4) is 0 Å². The van der Waals surface area contributed by atoms with Crippen LogP contribution in [0.1, 0.15) is 26.2 Å². The van der Waals surface area contributed by atoms with E-state index in [4.69, 9.17) is 4.74 Å². The first-order chi connectivity index (χ1) is 9.45. The summed E-state index contributed by atoms with van der Waals surface area (Å²) in [5.41, 5.74) is 0. The lowest BCUT2D eigenvalue weighted by molar-refractivity contribution is -0.149. The molecule has 2 fully saturated rings. The van der Waals surface area contributed by atoms with Crippen molar-refractivity contribution in [3.63, 3.8) is 0 Å². The van der Waals surface area contributed by atoms with Gasteiger partial charge in [0.2, 0.25) is 0 Å². The van der Waals surface area contributed by atoms with Crippen molar-refractivity contribution in [3.8, 4) is 0 Å². The molecule has 2 rings (SSSR count). The third-order valence-electron chi connectivity index (χ3n) is 3.85. The molecule has 2 heterocycles. The number of aliphatic hydroxyl groups is 1. The van der Waals surface area contributed by atoms with Gasteiger partial charge in [0.25, 0.3) is 10.2 Å². The first kappa shape index (κ1) is 15.7. The number of nitrogens with zero attached hydrogens (tertiary/aromatic N) is 2. The summed E-state index contributed by atoms with van der Waals surface area (Å²) >= 11 is 0. The van der Waals surface area contributed by atoms with Gasteiger partial charge in [0.1, 0.15) is 0 Å². The van der Waals surface area contributed by atoms with Crippen LogP contribution in [-0.2, 0) is 19.7 Å². The molecule has 0 unspecified atom stereocenters. The Bertz CT molecular complexity index is 445. The highest BCUT2D eigenvalue weighted by Gasteiger charge is 2.38. The molecule has 0 aromatic heterocycles. The van der Waals surface area contributed by atoms with E-state index < -0.39 is 16.3 Å². The fourth-order valence-electron chi connectivity index (χ4n) is 2.67. The third-order valence-corrected chi connectivity index (χ3v) is 5.85. The van der Waals surface area contributed by atoms with Gasteiger partial charge in [-0.25, -0.2) is 0 Å². The highest BCUT2D eigenvalue weighted by molar-refractivity contribution is 7.86. The minimum Gasteiger partial charge on any atom is -0.466 e. The van der Waals surface area contributed by atoms with Gasteiger partial charge in [0, 0.05) is 26.2 Å². The van der Waals surface area contributed by atoms with E-state index in [0.29, 0.717) is 45.5 Å². The number of β-amino-alcohol motifs (C(OH)–C–C–N with tert-alkyl or cyclic N) is 1. The van der Waals surface area contributed by atoms with Crippen molar-refractivity contribution in [2.45, 2.75) is 32.3 Å². The Hall–Kier alpha value is -0.700. The van der Waals surface area contributed by atoms with E-state index in [-0.39, 0.29) is 18.4 Å². The van der Waals surface area contributed by atoms with Crippen molar-refractivity contribution < 1.29 is 23.1 Å². The van der Waals surface area contributed by atoms with Crippen LogP contribution < -0.4 is 0 Å². The monoisotopic (exact) mass is 306 g/mol. The van der Waals surface area contributed by atoms with Crippen molar-refractivity contribution in [3.05, 3.63) is 0 Å². The standard InChI is InChI=1S/C12H22N2O5S/c1-2-19-12(16)10-3-6-13(7-4-10)20(17,18)14-8-5-11(15)9-14/h10-11,15H,2-9H2,1H3/t11-/m1/s1. The summed E-state index contributed by atoms with van der Waals surface area (Å²) in [6, 6.07) is 0. The first-order valence-electron chi connectivity index (χ1n) is 7.05. The normalized spacial score (nSPS) is 26.8. The second-order valence-corrected chi connectivity index (χ2v) is 7.16. The lowest BCUT2D eigenvalue weighted by atomic mass is 9.98. The van der Waals surface area contributed by atoms with Gasteiger partial charge in [-0.2, -0.15) is 17.0 Å². The van der Waals surface area contributed by atoms with E-state index in [9.17, 15) is 18.3 Å². The van der Waals surface area contributed by atoms with Gasteiger partial charge in [-0.05, 0) is 26.2 Å². The number of hydrogen-bond acceptors (Lipinski definition) is 5. The van der Waals surface area contributed by atoms with Crippen molar-refractivity contribution in [2.75, 3.05) is 32.8 Å². The summed E-state index contributed by atoms with van der Waals surface area (Å²) in [6.45, 7) is 3.30. The Morgan fingerprint density at radius 1 is 1.20 bits per heavy atom. The highest BCUT2D eigenvalue weighted by Crippen LogP contribution is 2.24. The predicted octanol–water partition coefficient (Wildman–Crippen LogP) is -0.427. The van der Waals surface area contributed by atoms with E-state index in [2.05, 4.69) is 0 Å². The van der Waals surface area contributed by atoms with Gasteiger partial charge in [-0.15, -0.1) is 0 Å². The van der Waals surface area contributed by atoms with Crippen LogP contribution in [-0.4, -0.2) is 67.0 Å². The molecule has 2 aliphatic heterocycles. The summed E-state index contributed by atoms with van der Waals surface area (Å²) in [5, 5.41) is 9.45. The van der Waals surface area contributed by atoms with Gasteiger partial charge < -0.3 is 9.84 Å². The van der Waals surface area contributed by atoms with E-state index >= 15 is 0 Å². The molecule has 7 nitrogen and oxygen atoms in total. The molecule has 0 amide bonds. The molecule has 2 aliphatic rings. The molecule has 1 N–H and O–H groups in total. The molecule has 0 aromatic rings. The average molecular weight is 306 g/mol. The molecule has 0 bridgehead atoms. The molecule has 0 aromatic carbocycles. The largest absolute Gasteiger partial charge is 0.466 e. The topological polar surface area (TPSA) is 87.2 Å². The van der Waals surface area contributed by atoms with Gasteiger partial charge >= 0.3 is 5.97 Å². The highest BCUT2D eigenvalue weighted by atomic mass is 32.2. The van der Waals surface area contributed by atoms with Crippen molar-refractivity contribution in [1.82, 2.24) is 8.61 Å². The molecule has 0 saturated carbocycles. The Morgan fingerprint density at radius 3 is 2.30 bits per heavy atom. The first-order valence-corrected chi connectivity index (χ1v) is 8.44. The molecule has 2 saturated heterocycles. The van der Waals surface area contributed by atoms with Crippen LogP contribution >= 0.6 is 0 Å². The van der Waals surface area contributed by atoms with E-state index in [1.807, 2.05) is 0 Å². The number of ether oxygens (including phenoxy) is 1. The molecule has 20 heavy (non-hydrogen) atoms. The molecule has 116 valence electrons. The quantitative estimate of drug-likeness (QED) is 0.712. The van der Waals surface area contributed by atoms with Gasteiger partial charge in [0.15, 0.2) is 0 Å². The number of aliphatic hydroxyl groups excluding tert-OH is 1. The van der Waals surface area contributed by atoms with Crippen molar-refractivity contribution in [2.24, 2.45) is 5.92 Å². The Labute approximate surface area is 119 Å². The second-order valence-electron chi connectivity index (χ2n) is 5.23. The van der Waals surface area contributed by atoms with Crippen LogP contribution in [0.25, 0.3) is 0 Å². The van der Waals surface area contributed by atoms with Crippen LogP contribution in [0.4, 0.5) is 0 Å². The number of carbonyl (C=O) groups is 1. The second kappa shape index (κ2) is 6.38. The molecule has 0 spiro atoms. The van der Waals surface area contributed by atoms with Crippen molar-refractivity contribution >= 4 is 16.2 Å². The van der Waals surface area contributed by atoms with E-state index in [0.717, 1.165) is 0 Å². The summed E-state index contributed by atoms with van der Waals surface area (Å²) in [4.78, 5) is 11.6. The summed E-state index contributed by atoms with van der Waals surface area (Å²) in [7, 11) is -3.50. The van der Waals surface area contributed by atoms with E-state index in [1.54, 1.807) is 6.92 Å². The maximum atomic E-state index is 12.4. The summed E-state index contributed by atoms with van der Waals surface area (Å²) in [6.07, 6.45) is 0.906. The van der Waals surface area contributed by atoms with Gasteiger partial charge in [-0.3, -0.25) is 4.79 Å². The molecular weight excluding hydrogens is 284 g/mol. The molecular formula is C12H22N2O5S. The Balaban J connectivity index is 1.91. The molecule has 0 radical (unpaired) electrons. The smallest absolute Gasteiger partial charge is 0.309 e.